The lowest BCUT2D eigenvalue weighted by atomic mass is 9.98. The fourth-order valence-electron chi connectivity index (χ4n) is 8.64. The maximum atomic E-state index is 14.9. The van der Waals surface area contributed by atoms with E-state index >= 15 is 0 Å². The van der Waals surface area contributed by atoms with E-state index in [9.17, 15) is 48.6 Å². The van der Waals surface area contributed by atoms with Crippen LogP contribution in [0.4, 0.5) is 0 Å². The van der Waals surface area contributed by atoms with Crippen molar-refractivity contribution in [1.82, 2.24) is 42.2 Å². The summed E-state index contributed by atoms with van der Waals surface area (Å²) < 4.78 is 0. The second-order valence-electron chi connectivity index (χ2n) is 19.0. The van der Waals surface area contributed by atoms with Crippen molar-refractivity contribution < 1.29 is 48.6 Å². The lowest BCUT2D eigenvalue weighted by molar-refractivity contribution is -0.136. The molecular formula is C53H67N11O10S2. The number of aliphatic hydroxyl groups excluding tert-OH is 1. The van der Waals surface area contributed by atoms with Gasteiger partial charge in [-0.15, -0.1) is 0 Å². The second-order valence-corrected chi connectivity index (χ2v) is 21.6. The molecule has 1 aliphatic heterocycles. The molecule has 0 radical (unpaired) electrons. The lowest BCUT2D eigenvalue weighted by Crippen LogP contribution is -2.62. The van der Waals surface area contributed by atoms with Gasteiger partial charge in [0, 0.05) is 41.4 Å². The maximum Gasteiger partial charge on any atom is 0.244 e. The molecule has 4 unspecified atom stereocenters. The number of hydrogen-bond acceptors (Lipinski definition) is 14. The Kier molecular flexibility index (Phi) is 21.1. The van der Waals surface area contributed by atoms with E-state index in [2.05, 4.69) is 42.2 Å². The average Bonchev–Trinajstić information content (AvgIpc) is 3.81. The number of phenolic OH excluding ortho intramolecular Hbond substituents is 1. The van der Waals surface area contributed by atoms with E-state index < -0.39 is 108 Å². The number of phenols is 1. The molecule has 21 nitrogen and oxygen atoms in total. The van der Waals surface area contributed by atoms with Gasteiger partial charge in [0.05, 0.1) is 6.10 Å². The van der Waals surface area contributed by atoms with Gasteiger partial charge in [-0.25, -0.2) is 0 Å². The quantitative estimate of drug-likeness (QED) is 0.0484. The summed E-state index contributed by atoms with van der Waals surface area (Å²) in [5, 5.41) is 41.7. The minimum atomic E-state index is -1.55. The minimum absolute atomic E-state index is 0.0524. The molecule has 1 aromatic heterocycles. The van der Waals surface area contributed by atoms with Crippen molar-refractivity contribution >= 4 is 90.5 Å². The lowest BCUT2D eigenvalue weighted by Gasteiger charge is -2.29. The zero-order chi connectivity index (χ0) is 55.1. The standard InChI is InChI=1S/C53H67N11O10S2/c1-28(2)44-53(74)62-42(51(72)64-45(29(3)65)46(56)67)27-76-75-26-41(61-52(73)43(55)36-15-10-12-31-11-4-5-13-34(31)36)50(71)59-39(23-30-18-20-33(66)21-19-30)48(69)60-40(24-32-25-57-37-16-7-6-14-35(32)37)49(70)58-38(47(68)63-44)17-8-9-22-54/h4-7,10-16,18-21,25,28-29,38-45,57,65-66H,8-9,17,22-24,26-27,54-55H2,1-3H3,(H2,56,67)(H,58,70)(H,59,71)(H,60,69)(H,61,73)(H,62,74)(H,63,68)(H,64,72)/t29-,38+,39+,40?,41?,42?,43+,44?,45+/m1/s1. The number of aromatic nitrogens is 1. The fraction of sp³-hybridized carbons (Fsp3) is 0.396. The van der Waals surface area contributed by atoms with Gasteiger partial charge in [0.1, 0.15) is 54.1 Å². The van der Waals surface area contributed by atoms with Crippen LogP contribution >= 0.6 is 21.6 Å². The van der Waals surface area contributed by atoms with Gasteiger partial charge < -0.3 is 69.6 Å². The summed E-state index contributed by atoms with van der Waals surface area (Å²) in [6.45, 7) is 4.84. The SMILES string of the molecule is CC(C)C1NC(=O)[C@H](CCCCN)NC(=O)C(Cc2c[nH]c3ccccc23)NC(=O)[C@H](Cc2ccc(O)cc2)NC(=O)C(NC(=O)[C@@H](N)c2cccc3ccccc23)CSSCC(C(=O)N[C@H](C(N)=O)[C@@H](C)O)NC1=O. The molecule has 0 aliphatic carbocycles. The van der Waals surface area contributed by atoms with Crippen LogP contribution in [0.25, 0.3) is 21.7 Å². The first-order valence-electron chi connectivity index (χ1n) is 25.0. The summed E-state index contributed by atoms with van der Waals surface area (Å²) in [5.41, 5.74) is 20.3. The van der Waals surface area contributed by atoms with Gasteiger partial charge in [0.25, 0.3) is 0 Å². The molecule has 23 heteroatoms. The van der Waals surface area contributed by atoms with Crippen molar-refractivity contribution in [2.24, 2.45) is 23.1 Å². The number of nitrogens with two attached hydrogens (primary N) is 3. The van der Waals surface area contributed by atoms with Gasteiger partial charge in [-0.1, -0.05) is 108 Å². The summed E-state index contributed by atoms with van der Waals surface area (Å²) in [4.78, 5) is 117. The maximum absolute atomic E-state index is 14.9. The molecule has 1 aliphatic rings. The minimum Gasteiger partial charge on any atom is -0.508 e. The third-order valence-electron chi connectivity index (χ3n) is 12.9. The van der Waals surface area contributed by atoms with Crippen LogP contribution in [-0.4, -0.2) is 129 Å². The average molecular weight is 1080 g/mol. The van der Waals surface area contributed by atoms with Crippen molar-refractivity contribution in [2.75, 3.05) is 18.1 Å². The molecule has 6 rings (SSSR count). The predicted octanol–water partition coefficient (Wildman–Crippen LogP) is 0.952. The van der Waals surface area contributed by atoms with E-state index in [0.717, 1.165) is 37.9 Å². The zero-order valence-corrected chi connectivity index (χ0v) is 44.0. The van der Waals surface area contributed by atoms with E-state index in [1.807, 2.05) is 48.5 Å². The number of carbonyl (C=O) groups is 8. The number of unbranched alkanes of at least 4 members (excludes halogenated alkanes) is 1. The molecule has 4 aromatic carbocycles. The molecule has 0 spiro atoms. The highest BCUT2D eigenvalue weighted by atomic mass is 33.1. The Balaban J connectivity index is 1.42. The summed E-state index contributed by atoms with van der Waals surface area (Å²) in [6.07, 6.45) is 0.940. The highest BCUT2D eigenvalue weighted by Crippen LogP contribution is 2.27. The largest absolute Gasteiger partial charge is 0.508 e. The van der Waals surface area contributed by atoms with Crippen LogP contribution in [0.15, 0.2) is 97.2 Å². The number of aliphatic hydroxyl groups is 1. The second kappa shape index (κ2) is 27.6. The van der Waals surface area contributed by atoms with E-state index in [-0.39, 0.29) is 43.1 Å². The number of hydrogen-bond donors (Lipinski definition) is 13. The van der Waals surface area contributed by atoms with E-state index in [4.69, 9.17) is 17.2 Å². The zero-order valence-electron chi connectivity index (χ0n) is 42.4. The summed E-state index contributed by atoms with van der Waals surface area (Å²) in [7, 11) is 2.02. The number of fused-ring (bicyclic) bond motifs is 2. The first-order chi connectivity index (χ1) is 36.3. The molecule has 2 heterocycles. The highest BCUT2D eigenvalue weighted by molar-refractivity contribution is 8.76. The Morgan fingerprint density at radius 2 is 1.33 bits per heavy atom. The van der Waals surface area contributed by atoms with Crippen molar-refractivity contribution in [3.8, 4) is 5.75 Å². The number of amides is 8. The summed E-state index contributed by atoms with van der Waals surface area (Å²) in [6, 6.07) is 14.9. The molecule has 16 N–H and O–H groups in total. The number of benzene rings is 4. The molecule has 8 amide bonds. The predicted molar refractivity (Wildman–Crippen MR) is 292 cm³/mol. The van der Waals surface area contributed by atoms with Gasteiger partial charge in [-0.05, 0) is 84.3 Å². The first kappa shape index (κ1) is 58.1. The molecule has 0 bridgehead atoms. The van der Waals surface area contributed by atoms with Gasteiger partial charge in [0.2, 0.25) is 47.3 Å². The van der Waals surface area contributed by atoms with Gasteiger partial charge in [-0.2, -0.15) is 0 Å². The van der Waals surface area contributed by atoms with Crippen LogP contribution in [-0.2, 0) is 51.2 Å². The number of primary amides is 1. The number of rotatable bonds is 16. The Morgan fingerprint density at radius 3 is 2.01 bits per heavy atom. The van der Waals surface area contributed by atoms with Crippen LogP contribution in [0, 0.1) is 5.92 Å². The number of nitrogens with one attached hydrogen (secondary N) is 8. The molecule has 76 heavy (non-hydrogen) atoms. The van der Waals surface area contributed by atoms with Crippen molar-refractivity contribution in [2.45, 2.75) is 107 Å². The van der Waals surface area contributed by atoms with Crippen molar-refractivity contribution in [3.05, 3.63) is 114 Å². The Labute approximate surface area is 447 Å². The Bertz CT molecular complexity index is 2860. The third-order valence-corrected chi connectivity index (χ3v) is 15.3. The fourth-order valence-corrected chi connectivity index (χ4v) is 11.0. The monoisotopic (exact) mass is 1080 g/mol. The van der Waals surface area contributed by atoms with Gasteiger partial charge in [0.15, 0.2) is 0 Å². The number of aromatic hydroxyl groups is 1. The molecule has 406 valence electrons. The van der Waals surface area contributed by atoms with Gasteiger partial charge >= 0.3 is 0 Å². The van der Waals surface area contributed by atoms with Gasteiger partial charge in [-0.3, -0.25) is 38.4 Å². The van der Waals surface area contributed by atoms with Crippen LogP contribution in [0.1, 0.15) is 62.8 Å². The normalized spacial score (nSPS) is 21.8. The van der Waals surface area contributed by atoms with Crippen molar-refractivity contribution in [1.29, 1.82) is 0 Å². The van der Waals surface area contributed by atoms with E-state index in [1.165, 1.54) is 19.1 Å². The van der Waals surface area contributed by atoms with E-state index in [1.54, 1.807) is 50.4 Å². The number of carbonyl (C=O) groups excluding carboxylic acids is 8. The van der Waals surface area contributed by atoms with Crippen LogP contribution in [0.5, 0.6) is 5.75 Å². The summed E-state index contributed by atoms with van der Waals surface area (Å²) in [5.74, 6) is -7.76. The van der Waals surface area contributed by atoms with Crippen LogP contribution in [0.3, 0.4) is 0 Å². The van der Waals surface area contributed by atoms with E-state index in [0.29, 0.717) is 34.9 Å². The molecular weight excluding hydrogens is 1010 g/mol. The summed E-state index contributed by atoms with van der Waals surface area (Å²) >= 11 is 0. The number of para-hydroxylation sites is 1. The number of H-pyrrole nitrogens is 1. The third kappa shape index (κ3) is 15.7. The highest BCUT2D eigenvalue weighted by Gasteiger charge is 2.37. The topological polar surface area (TPSA) is 355 Å². The van der Waals surface area contributed by atoms with Crippen molar-refractivity contribution in [3.63, 3.8) is 0 Å². The van der Waals surface area contributed by atoms with Crippen LogP contribution < -0.4 is 54.4 Å². The Hall–Kier alpha value is -7.18. The molecule has 9 atom stereocenters. The Morgan fingerprint density at radius 1 is 0.711 bits per heavy atom. The molecule has 1 saturated heterocycles. The molecule has 1 fully saturated rings. The molecule has 0 saturated carbocycles. The van der Waals surface area contributed by atoms with Crippen LogP contribution in [0.2, 0.25) is 0 Å². The smallest absolute Gasteiger partial charge is 0.244 e. The molecule has 5 aromatic rings. The first-order valence-corrected chi connectivity index (χ1v) is 27.4. The number of aromatic amines is 1.